The molecule has 5 nitrogen and oxygen atoms in total. The number of rotatable bonds is 4. The molecule has 1 aromatic heterocycles. The lowest BCUT2D eigenvalue weighted by molar-refractivity contribution is 0.0496. The minimum atomic E-state index is -0.0238. The van der Waals surface area contributed by atoms with E-state index in [1.807, 2.05) is 11.8 Å². The Bertz CT molecular complexity index is 383. The molecule has 1 aromatic rings. The Morgan fingerprint density at radius 1 is 1.56 bits per heavy atom. The molecular weight excluding hydrogens is 230 g/mol. The topological polar surface area (TPSA) is 55.3 Å². The first-order valence-electron chi connectivity index (χ1n) is 6.44. The first-order valence-corrected chi connectivity index (χ1v) is 6.44. The van der Waals surface area contributed by atoms with Gasteiger partial charge in [-0.1, -0.05) is 0 Å². The number of aromatic nitrogens is 2. The van der Waals surface area contributed by atoms with Crippen LogP contribution in [0, 0.1) is 5.92 Å². The van der Waals surface area contributed by atoms with Crippen molar-refractivity contribution < 1.29 is 9.53 Å². The average Bonchev–Trinajstić information content (AvgIpc) is 2.45. The fraction of sp³-hybridized carbons (Fsp3) is 0.615. The van der Waals surface area contributed by atoms with E-state index in [9.17, 15) is 4.79 Å². The monoisotopic (exact) mass is 249 g/mol. The van der Waals surface area contributed by atoms with E-state index < -0.39 is 0 Å². The highest BCUT2D eigenvalue weighted by Crippen LogP contribution is 2.18. The number of hydrogen-bond acceptors (Lipinski definition) is 4. The maximum atomic E-state index is 12.2. The van der Waals surface area contributed by atoms with Crippen LogP contribution in [0.25, 0.3) is 0 Å². The zero-order valence-corrected chi connectivity index (χ0v) is 10.7. The van der Waals surface area contributed by atoms with E-state index in [1.54, 1.807) is 12.4 Å². The third-order valence-electron chi connectivity index (χ3n) is 3.15. The Kier molecular flexibility index (Phi) is 4.64. The molecule has 0 N–H and O–H groups in total. The molecule has 1 fully saturated rings. The minimum Gasteiger partial charge on any atom is -0.381 e. The lowest BCUT2D eigenvalue weighted by Gasteiger charge is -2.32. The summed E-state index contributed by atoms with van der Waals surface area (Å²) in [6.45, 7) is 5.02. The van der Waals surface area contributed by atoms with E-state index >= 15 is 0 Å². The normalized spacial score (nSPS) is 19.8. The Morgan fingerprint density at radius 2 is 2.44 bits per heavy atom. The van der Waals surface area contributed by atoms with Gasteiger partial charge in [0.15, 0.2) is 0 Å². The lowest BCUT2D eigenvalue weighted by atomic mass is 9.99. The van der Waals surface area contributed by atoms with E-state index in [0.29, 0.717) is 11.6 Å². The summed E-state index contributed by atoms with van der Waals surface area (Å²) >= 11 is 0. The van der Waals surface area contributed by atoms with Gasteiger partial charge in [0.25, 0.3) is 5.91 Å². The molecule has 0 aliphatic carbocycles. The molecule has 1 atom stereocenters. The zero-order chi connectivity index (χ0) is 12.8. The molecule has 1 saturated heterocycles. The second kappa shape index (κ2) is 6.44. The van der Waals surface area contributed by atoms with Crippen LogP contribution in [0.1, 0.15) is 30.3 Å². The molecule has 0 aromatic carbocycles. The summed E-state index contributed by atoms with van der Waals surface area (Å²) in [7, 11) is 0. The maximum absolute atomic E-state index is 12.2. The Balaban J connectivity index is 1.94. The highest BCUT2D eigenvalue weighted by Gasteiger charge is 2.25. The Labute approximate surface area is 107 Å². The highest BCUT2D eigenvalue weighted by molar-refractivity contribution is 5.92. The molecule has 18 heavy (non-hydrogen) atoms. The van der Waals surface area contributed by atoms with Crippen LogP contribution < -0.4 is 0 Å². The van der Waals surface area contributed by atoms with Gasteiger partial charge in [-0.05, 0) is 25.7 Å². The summed E-state index contributed by atoms with van der Waals surface area (Å²) in [6, 6.07) is 0. The van der Waals surface area contributed by atoms with Crippen molar-refractivity contribution in [2.24, 2.45) is 5.92 Å². The molecule has 1 amide bonds. The number of piperidine rings is 1. The number of nitrogens with zero attached hydrogens (tertiary/aromatic N) is 3. The van der Waals surface area contributed by atoms with Crippen molar-refractivity contribution >= 4 is 5.91 Å². The molecule has 0 spiro atoms. The summed E-state index contributed by atoms with van der Waals surface area (Å²) < 4.78 is 5.44. The molecular formula is C13H19N3O2. The summed E-state index contributed by atoms with van der Waals surface area (Å²) in [6.07, 6.45) is 6.81. The second-order valence-corrected chi connectivity index (χ2v) is 4.51. The maximum Gasteiger partial charge on any atom is 0.274 e. The fourth-order valence-corrected chi connectivity index (χ4v) is 2.24. The van der Waals surface area contributed by atoms with Crippen molar-refractivity contribution in [3.05, 3.63) is 24.3 Å². The summed E-state index contributed by atoms with van der Waals surface area (Å²) in [4.78, 5) is 22.1. The molecule has 0 bridgehead atoms. The predicted molar refractivity (Wildman–Crippen MR) is 67.2 cm³/mol. The van der Waals surface area contributed by atoms with Gasteiger partial charge in [0.2, 0.25) is 0 Å². The standard InChI is InChI=1S/C13H19N3O2/c1-2-18-10-11-4-3-7-16(9-11)13(17)12-8-14-5-6-15-12/h5-6,8,11H,2-4,7,9-10H2,1H3. The van der Waals surface area contributed by atoms with E-state index in [1.165, 1.54) is 6.20 Å². The first-order chi connectivity index (χ1) is 8.81. The first kappa shape index (κ1) is 13.0. The fourth-order valence-electron chi connectivity index (χ4n) is 2.24. The smallest absolute Gasteiger partial charge is 0.274 e. The molecule has 5 heteroatoms. The lowest BCUT2D eigenvalue weighted by Crippen LogP contribution is -2.41. The van der Waals surface area contributed by atoms with Gasteiger partial charge in [0.05, 0.1) is 12.8 Å². The van der Waals surface area contributed by atoms with Crippen LogP contribution in [0.4, 0.5) is 0 Å². The number of amides is 1. The zero-order valence-electron chi connectivity index (χ0n) is 10.7. The van der Waals surface area contributed by atoms with Crippen LogP contribution in [-0.4, -0.2) is 47.1 Å². The third-order valence-corrected chi connectivity index (χ3v) is 3.15. The van der Waals surface area contributed by atoms with Gasteiger partial charge in [-0.3, -0.25) is 9.78 Å². The number of carbonyl (C=O) groups excluding carboxylic acids is 1. The largest absolute Gasteiger partial charge is 0.381 e. The summed E-state index contributed by atoms with van der Waals surface area (Å²) in [5.41, 5.74) is 0.426. The van der Waals surface area contributed by atoms with Gasteiger partial charge in [-0.25, -0.2) is 4.98 Å². The number of carbonyl (C=O) groups is 1. The van der Waals surface area contributed by atoms with Crippen molar-refractivity contribution in [3.63, 3.8) is 0 Å². The van der Waals surface area contributed by atoms with Crippen LogP contribution in [0.3, 0.4) is 0 Å². The number of likely N-dealkylation sites (tertiary alicyclic amines) is 1. The van der Waals surface area contributed by atoms with Gasteiger partial charge in [0, 0.05) is 32.1 Å². The second-order valence-electron chi connectivity index (χ2n) is 4.51. The molecule has 1 aliphatic rings. The van der Waals surface area contributed by atoms with Gasteiger partial charge in [-0.15, -0.1) is 0 Å². The molecule has 2 rings (SSSR count). The van der Waals surface area contributed by atoms with Crippen LogP contribution >= 0.6 is 0 Å². The summed E-state index contributed by atoms with van der Waals surface area (Å²) in [5, 5.41) is 0. The molecule has 1 aliphatic heterocycles. The van der Waals surface area contributed by atoms with Crippen molar-refractivity contribution in [2.45, 2.75) is 19.8 Å². The van der Waals surface area contributed by atoms with E-state index in [4.69, 9.17) is 4.74 Å². The molecule has 98 valence electrons. The highest BCUT2D eigenvalue weighted by atomic mass is 16.5. The van der Waals surface area contributed by atoms with Crippen LogP contribution in [0.2, 0.25) is 0 Å². The summed E-state index contributed by atoms with van der Waals surface area (Å²) in [5.74, 6) is 0.420. The Hall–Kier alpha value is -1.49. The average molecular weight is 249 g/mol. The van der Waals surface area contributed by atoms with Gasteiger partial charge < -0.3 is 9.64 Å². The van der Waals surface area contributed by atoms with Crippen molar-refractivity contribution in [2.75, 3.05) is 26.3 Å². The molecule has 0 radical (unpaired) electrons. The van der Waals surface area contributed by atoms with E-state index in [0.717, 1.165) is 39.1 Å². The van der Waals surface area contributed by atoms with Gasteiger partial charge in [0.1, 0.15) is 5.69 Å². The van der Waals surface area contributed by atoms with Crippen molar-refractivity contribution in [3.8, 4) is 0 Å². The number of ether oxygens (including phenoxy) is 1. The predicted octanol–water partition coefficient (Wildman–Crippen LogP) is 1.37. The minimum absolute atomic E-state index is 0.0238. The van der Waals surface area contributed by atoms with E-state index in [2.05, 4.69) is 9.97 Å². The van der Waals surface area contributed by atoms with Gasteiger partial charge >= 0.3 is 0 Å². The van der Waals surface area contributed by atoms with E-state index in [-0.39, 0.29) is 5.91 Å². The Morgan fingerprint density at radius 3 is 3.17 bits per heavy atom. The SMILES string of the molecule is CCOCC1CCCN(C(=O)c2cnccn2)C1. The van der Waals surface area contributed by atoms with Crippen LogP contribution in [0.5, 0.6) is 0 Å². The number of hydrogen-bond donors (Lipinski definition) is 0. The van der Waals surface area contributed by atoms with Crippen molar-refractivity contribution in [1.82, 2.24) is 14.9 Å². The van der Waals surface area contributed by atoms with Crippen LogP contribution in [0.15, 0.2) is 18.6 Å². The molecule has 1 unspecified atom stereocenters. The quantitative estimate of drug-likeness (QED) is 0.808. The van der Waals surface area contributed by atoms with Crippen molar-refractivity contribution in [1.29, 1.82) is 0 Å². The third kappa shape index (κ3) is 3.26. The van der Waals surface area contributed by atoms with Gasteiger partial charge in [-0.2, -0.15) is 0 Å². The molecule has 2 heterocycles. The van der Waals surface area contributed by atoms with Crippen LogP contribution in [-0.2, 0) is 4.74 Å². The molecule has 0 saturated carbocycles.